The van der Waals surface area contributed by atoms with E-state index in [0.717, 1.165) is 18.7 Å². The fraction of sp³-hybridized carbons (Fsp3) is 0.600. The first-order valence-corrected chi connectivity index (χ1v) is 10.2. The summed E-state index contributed by atoms with van der Waals surface area (Å²) >= 11 is 0. The molecule has 1 N–H and O–H groups in total. The van der Waals surface area contributed by atoms with E-state index in [-0.39, 0.29) is 0 Å². The summed E-state index contributed by atoms with van der Waals surface area (Å²) in [7, 11) is -1.06. The van der Waals surface area contributed by atoms with E-state index in [1.165, 1.54) is 37.2 Å². The van der Waals surface area contributed by atoms with Crippen LogP contribution in [0, 0.1) is 0 Å². The van der Waals surface area contributed by atoms with Gasteiger partial charge in [0.05, 0.1) is 5.70 Å². The molecule has 1 saturated heterocycles. The lowest BCUT2D eigenvalue weighted by Gasteiger charge is -2.22. The van der Waals surface area contributed by atoms with Gasteiger partial charge in [-0.1, -0.05) is 6.08 Å². The number of hydrogen-bond acceptors (Lipinski definition) is 3. The average Bonchev–Trinajstić information content (AvgIpc) is 2.85. The van der Waals surface area contributed by atoms with Crippen molar-refractivity contribution in [2.24, 2.45) is 0 Å². The van der Waals surface area contributed by atoms with Gasteiger partial charge in [-0.3, -0.25) is 0 Å². The van der Waals surface area contributed by atoms with Crippen LogP contribution in [0.15, 0.2) is 35.4 Å². The number of nitrogens with one attached hydrogen (secondary N) is 1. The Balaban J connectivity index is 2.10. The molecule has 0 amide bonds. The first-order valence-electron chi connectivity index (χ1n) is 7.46. The fourth-order valence-electron chi connectivity index (χ4n) is 2.52. The molecule has 0 saturated carbocycles. The number of rotatable bonds is 5. The van der Waals surface area contributed by atoms with Gasteiger partial charge in [-0.15, -0.1) is 0 Å². The lowest BCUT2D eigenvalue weighted by molar-refractivity contribution is 0.436. The van der Waals surface area contributed by atoms with Crippen LogP contribution in [0.3, 0.4) is 0 Å². The van der Waals surface area contributed by atoms with Gasteiger partial charge in [0.25, 0.3) is 0 Å². The van der Waals surface area contributed by atoms with Crippen molar-refractivity contribution >= 4 is 9.04 Å². The Labute approximate surface area is 118 Å². The molecule has 106 valence electrons. The number of likely N-dealkylation sites (tertiary alicyclic amines) is 1. The molecule has 2 aliphatic rings. The second-order valence-electron chi connectivity index (χ2n) is 5.47. The van der Waals surface area contributed by atoms with E-state index in [1.807, 2.05) is 0 Å². The van der Waals surface area contributed by atoms with E-state index in [1.54, 1.807) is 0 Å². The van der Waals surface area contributed by atoms with Crippen LogP contribution in [0.4, 0.5) is 0 Å². The maximum atomic E-state index is 6.06. The van der Waals surface area contributed by atoms with E-state index < -0.39 is 9.04 Å². The van der Waals surface area contributed by atoms with E-state index in [0.29, 0.717) is 0 Å². The van der Waals surface area contributed by atoms with Gasteiger partial charge in [-0.25, -0.2) is 0 Å². The van der Waals surface area contributed by atoms with Gasteiger partial charge < -0.3 is 14.6 Å². The number of nitrogens with zero attached hydrogens (tertiary/aromatic N) is 1. The van der Waals surface area contributed by atoms with Crippen LogP contribution < -0.4 is 5.32 Å². The molecule has 0 unspecified atom stereocenters. The first kappa shape index (κ1) is 14.3. The molecule has 0 radical (unpaired) electrons. The molecule has 1 fully saturated rings. The van der Waals surface area contributed by atoms with Crippen molar-refractivity contribution in [3.05, 3.63) is 35.4 Å². The molecule has 4 heteroatoms. The molecule has 1 aliphatic heterocycles. The highest BCUT2D eigenvalue weighted by molar-refractivity contribution is 6.48. The summed E-state index contributed by atoms with van der Waals surface area (Å²) in [6.45, 7) is 9.90. The smallest absolute Gasteiger partial charge is 0.229 e. The van der Waals surface area contributed by atoms with Crippen molar-refractivity contribution in [3.63, 3.8) is 0 Å². The zero-order valence-corrected chi connectivity index (χ0v) is 13.6. The molecule has 3 nitrogen and oxygen atoms in total. The van der Waals surface area contributed by atoms with Crippen molar-refractivity contribution in [2.45, 2.75) is 39.3 Å². The summed E-state index contributed by atoms with van der Waals surface area (Å²) in [4.78, 5) is 2.43. The third-order valence-electron chi connectivity index (χ3n) is 3.34. The quantitative estimate of drug-likeness (QED) is 0.783. The average molecular weight is 278 g/mol. The second-order valence-corrected chi connectivity index (χ2v) is 7.81. The van der Waals surface area contributed by atoms with E-state index in [9.17, 15) is 0 Å². The highest BCUT2D eigenvalue weighted by Crippen LogP contribution is 2.23. The Morgan fingerprint density at radius 3 is 2.74 bits per heavy atom. The topological polar surface area (TPSA) is 24.5 Å². The lowest BCUT2D eigenvalue weighted by Crippen LogP contribution is -2.21. The Morgan fingerprint density at radius 1 is 1.37 bits per heavy atom. The van der Waals surface area contributed by atoms with Gasteiger partial charge in [0.2, 0.25) is 9.04 Å². The number of allylic oxidation sites excluding steroid dienone is 3. The molecule has 0 atom stereocenters. The van der Waals surface area contributed by atoms with Crippen molar-refractivity contribution in [1.82, 2.24) is 10.2 Å². The molecule has 0 spiro atoms. The molecule has 19 heavy (non-hydrogen) atoms. The SMILES string of the molecule is CCNC1=CCC(=CN2CCCC2)C=C1O[SiH](C)C. The van der Waals surface area contributed by atoms with Gasteiger partial charge >= 0.3 is 0 Å². The zero-order valence-electron chi connectivity index (χ0n) is 12.4. The summed E-state index contributed by atoms with van der Waals surface area (Å²) in [5.74, 6) is 1.04. The van der Waals surface area contributed by atoms with Gasteiger partial charge in [0.15, 0.2) is 0 Å². The summed E-state index contributed by atoms with van der Waals surface area (Å²) in [5.41, 5.74) is 2.54. The molecular weight excluding hydrogens is 252 g/mol. The van der Waals surface area contributed by atoms with Crippen LogP contribution in [0.25, 0.3) is 0 Å². The summed E-state index contributed by atoms with van der Waals surface area (Å²) in [6.07, 6.45) is 10.5. The minimum absolute atomic E-state index is 0.942. The van der Waals surface area contributed by atoms with Crippen LogP contribution in [0.1, 0.15) is 26.2 Å². The van der Waals surface area contributed by atoms with Crippen LogP contribution in [-0.4, -0.2) is 33.6 Å². The second kappa shape index (κ2) is 6.85. The highest BCUT2D eigenvalue weighted by Gasteiger charge is 2.15. The predicted molar refractivity (Wildman–Crippen MR) is 83.3 cm³/mol. The maximum absolute atomic E-state index is 6.06. The Bertz CT molecular complexity index is 393. The molecule has 1 aliphatic carbocycles. The van der Waals surface area contributed by atoms with Crippen molar-refractivity contribution in [2.75, 3.05) is 19.6 Å². The first-order chi connectivity index (χ1) is 9.19. The van der Waals surface area contributed by atoms with Gasteiger partial charge in [-0.05, 0) is 50.9 Å². The largest absolute Gasteiger partial charge is 0.546 e. The minimum Gasteiger partial charge on any atom is -0.546 e. The van der Waals surface area contributed by atoms with Crippen molar-refractivity contribution in [3.8, 4) is 0 Å². The van der Waals surface area contributed by atoms with E-state index >= 15 is 0 Å². The molecule has 0 bridgehead atoms. The number of likely N-dealkylation sites (N-methyl/N-ethyl adjacent to an activating group) is 1. The summed E-state index contributed by atoms with van der Waals surface area (Å²) in [6, 6.07) is 0. The molecule has 0 aromatic rings. The minimum atomic E-state index is -1.06. The Morgan fingerprint density at radius 2 is 2.11 bits per heavy atom. The zero-order chi connectivity index (χ0) is 13.7. The van der Waals surface area contributed by atoms with E-state index in [2.05, 4.69) is 48.6 Å². The van der Waals surface area contributed by atoms with Gasteiger partial charge in [-0.2, -0.15) is 0 Å². The highest BCUT2D eigenvalue weighted by atomic mass is 28.3. The molecule has 0 aromatic carbocycles. The third kappa shape index (κ3) is 4.16. The maximum Gasteiger partial charge on any atom is 0.229 e. The van der Waals surface area contributed by atoms with Crippen LogP contribution in [-0.2, 0) is 4.43 Å². The Hall–Kier alpha value is -1.16. The van der Waals surface area contributed by atoms with Crippen molar-refractivity contribution in [1.29, 1.82) is 0 Å². The summed E-state index contributed by atoms with van der Waals surface area (Å²) < 4.78 is 6.06. The van der Waals surface area contributed by atoms with Crippen LogP contribution in [0.5, 0.6) is 0 Å². The normalized spacial score (nSPS) is 21.7. The van der Waals surface area contributed by atoms with Crippen LogP contribution in [0.2, 0.25) is 13.1 Å². The van der Waals surface area contributed by atoms with Gasteiger partial charge in [0, 0.05) is 25.8 Å². The Kier molecular flexibility index (Phi) is 5.13. The monoisotopic (exact) mass is 278 g/mol. The molecule has 1 heterocycles. The molecule has 0 aromatic heterocycles. The third-order valence-corrected chi connectivity index (χ3v) is 4.07. The summed E-state index contributed by atoms with van der Waals surface area (Å²) in [5, 5.41) is 3.40. The number of hydrogen-bond donors (Lipinski definition) is 1. The predicted octanol–water partition coefficient (Wildman–Crippen LogP) is 2.75. The van der Waals surface area contributed by atoms with Crippen LogP contribution >= 0.6 is 0 Å². The van der Waals surface area contributed by atoms with Gasteiger partial charge in [0.1, 0.15) is 5.76 Å². The molecular formula is C15H26N2OSi. The van der Waals surface area contributed by atoms with Crippen molar-refractivity contribution < 1.29 is 4.43 Å². The standard InChI is InChI=1S/C15H26N2OSi/c1-4-16-14-8-7-13(11-15(14)18-19(2)3)12-17-9-5-6-10-17/h8,11-12,16,19H,4-7,9-10H2,1-3H3. The van der Waals surface area contributed by atoms with E-state index in [4.69, 9.17) is 4.43 Å². The lowest BCUT2D eigenvalue weighted by atomic mass is 10.1. The fourth-order valence-corrected chi connectivity index (χ4v) is 3.22. The molecule has 2 rings (SSSR count).